The minimum atomic E-state index is 0.756. The van der Waals surface area contributed by atoms with Crippen molar-refractivity contribution in [3.05, 3.63) is 29.8 Å². The zero-order chi connectivity index (χ0) is 20.5. The molecule has 1 atom stereocenters. The van der Waals surface area contributed by atoms with Gasteiger partial charge in [0.2, 0.25) is 0 Å². The lowest BCUT2D eigenvalue weighted by atomic mass is 9.74. The average molecular weight is 464 g/mol. The summed E-state index contributed by atoms with van der Waals surface area (Å²) >= 11 is 4.11. The van der Waals surface area contributed by atoms with E-state index in [1.807, 2.05) is 0 Å². The molecule has 1 aromatic carbocycles. The molecule has 0 spiro atoms. The first kappa shape index (κ1) is 23.2. The van der Waals surface area contributed by atoms with Crippen LogP contribution in [-0.4, -0.2) is 11.4 Å². The highest BCUT2D eigenvalue weighted by molar-refractivity contribution is 9.09. The molecular weight excluding hydrogens is 420 g/mol. The predicted molar refractivity (Wildman–Crippen MR) is 129 cm³/mol. The summed E-state index contributed by atoms with van der Waals surface area (Å²) in [5.74, 6) is 4.68. The van der Waals surface area contributed by atoms with E-state index in [1.165, 1.54) is 82.6 Å². The van der Waals surface area contributed by atoms with E-state index in [0.29, 0.717) is 0 Å². The first-order chi connectivity index (χ1) is 14.2. The molecule has 0 bridgehead atoms. The molecule has 2 fully saturated rings. The van der Waals surface area contributed by atoms with Crippen molar-refractivity contribution < 1.29 is 4.74 Å². The third-order valence-electron chi connectivity index (χ3n) is 7.62. The monoisotopic (exact) mass is 462 g/mol. The molecule has 164 valence electrons. The van der Waals surface area contributed by atoms with Gasteiger partial charge in [0.05, 0.1) is 6.61 Å². The van der Waals surface area contributed by atoms with E-state index < -0.39 is 0 Å². The van der Waals surface area contributed by atoms with Crippen LogP contribution in [0.1, 0.15) is 109 Å². The van der Waals surface area contributed by atoms with Crippen molar-refractivity contribution in [3.63, 3.8) is 0 Å². The standard InChI is InChI=1S/C27H43BrO/c1-3-5-19-29-26-17-15-24(16-18-26)23-11-9-22(10-12-23)20-27(28)25-13-7-21(6-4-2)8-14-25/h15-18,21-23,25,27H,3-14,19-20H2,1-2H3/t21-,22-,23-,25-,27?. The zero-order valence-corrected chi connectivity index (χ0v) is 20.5. The molecule has 0 amide bonds. The Hall–Kier alpha value is -0.500. The maximum Gasteiger partial charge on any atom is 0.119 e. The van der Waals surface area contributed by atoms with Crippen molar-refractivity contribution in [1.82, 2.24) is 0 Å². The van der Waals surface area contributed by atoms with Gasteiger partial charge in [-0.15, -0.1) is 0 Å². The maximum atomic E-state index is 5.82. The molecular formula is C27H43BrO. The highest BCUT2D eigenvalue weighted by atomic mass is 79.9. The molecule has 0 aliphatic heterocycles. The lowest BCUT2D eigenvalue weighted by molar-refractivity contribution is 0.232. The summed E-state index contributed by atoms with van der Waals surface area (Å²) in [6.45, 7) is 5.39. The van der Waals surface area contributed by atoms with Crippen molar-refractivity contribution in [2.24, 2.45) is 17.8 Å². The SMILES string of the molecule is CCCCOc1ccc([C@H]2CC[C@H](CC(Br)[C@H]3CC[C@H](CCC)CC3)CC2)cc1. The van der Waals surface area contributed by atoms with Crippen LogP contribution in [0.25, 0.3) is 0 Å². The zero-order valence-electron chi connectivity index (χ0n) is 18.9. The predicted octanol–water partition coefficient (Wildman–Crippen LogP) is 8.90. The van der Waals surface area contributed by atoms with Gasteiger partial charge in [-0.25, -0.2) is 0 Å². The van der Waals surface area contributed by atoms with Gasteiger partial charge in [0.15, 0.2) is 0 Å². The molecule has 1 aromatic rings. The Morgan fingerprint density at radius 3 is 2.14 bits per heavy atom. The number of ether oxygens (including phenoxy) is 1. The second-order valence-corrected chi connectivity index (χ2v) is 11.0. The van der Waals surface area contributed by atoms with Gasteiger partial charge >= 0.3 is 0 Å². The quantitative estimate of drug-likeness (QED) is 0.249. The van der Waals surface area contributed by atoms with E-state index in [0.717, 1.165) is 47.3 Å². The van der Waals surface area contributed by atoms with Crippen LogP contribution < -0.4 is 4.74 Å². The Balaban J connectivity index is 1.38. The third kappa shape index (κ3) is 7.30. The topological polar surface area (TPSA) is 9.23 Å². The molecule has 3 rings (SSSR count). The third-order valence-corrected chi connectivity index (χ3v) is 8.74. The summed E-state index contributed by atoms with van der Waals surface area (Å²) in [4.78, 5) is 0.756. The molecule has 2 aliphatic rings. The van der Waals surface area contributed by atoms with Crippen LogP contribution in [0.3, 0.4) is 0 Å². The van der Waals surface area contributed by atoms with Gasteiger partial charge in [-0.2, -0.15) is 0 Å². The van der Waals surface area contributed by atoms with E-state index in [-0.39, 0.29) is 0 Å². The number of rotatable bonds is 10. The number of unbranched alkanes of at least 4 members (excludes halogenated alkanes) is 1. The van der Waals surface area contributed by atoms with Crippen molar-refractivity contribution >= 4 is 15.9 Å². The van der Waals surface area contributed by atoms with Gasteiger partial charge in [0.25, 0.3) is 0 Å². The molecule has 2 aliphatic carbocycles. The van der Waals surface area contributed by atoms with Crippen LogP contribution in [0, 0.1) is 17.8 Å². The van der Waals surface area contributed by atoms with Crippen molar-refractivity contribution in [2.45, 2.75) is 108 Å². The minimum Gasteiger partial charge on any atom is -0.494 e. The highest BCUT2D eigenvalue weighted by Gasteiger charge is 2.29. The fraction of sp³-hybridized carbons (Fsp3) is 0.778. The number of benzene rings is 1. The Bertz CT molecular complexity index is 552. The Labute approximate surface area is 188 Å². The largest absolute Gasteiger partial charge is 0.494 e. The van der Waals surface area contributed by atoms with Crippen LogP contribution in [0.5, 0.6) is 5.75 Å². The minimum absolute atomic E-state index is 0.756. The molecule has 1 nitrogen and oxygen atoms in total. The van der Waals surface area contributed by atoms with Crippen molar-refractivity contribution in [1.29, 1.82) is 0 Å². The molecule has 0 N–H and O–H groups in total. The number of alkyl halides is 1. The lowest BCUT2D eigenvalue weighted by Crippen LogP contribution is -2.25. The van der Waals surface area contributed by atoms with E-state index in [4.69, 9.17) is 4.74 Å². The molecule has 0 aromatic heterocycles. The smallest absolute Gasteiger partial charge is 0.119 e. The van der Waals surface area contributed by atoms with Crippen LogP contribution in [0.2, 0.25) is 0 Å². The molecule has 1 unspecified atom stereocenters. The summed E-state index contributed by atoms with van der Waals surface area (Å²) in [6.07, 6.45) is 18.0. The van der Waals surface area contributed by atoms with E-state index in [9.17, 15) is 0 Å². The molecule has 2 heteroatoms. The molecule has 0 heterocycles. The Kier molecular flexibility index (Phi) is 9.89. The van der Waals surface area contributed by atoms with Crippen molar-refractivity contribution in [3.8, 4) is 5.75 Å². The van der Waals surface area contributed by atoms with Gasteiger partial charge in [0, 0.05) is 4.83 Å². The van der Waals surface area contributed by atoms with Crippen LogP contribution in [-0.2, 0) is 0 Å². The molecule has 0 saturated heterocycles. The normalized spacial score (nSPS) is 28.8. The van der Waals surface area contributed by atoms with Gasteiger partial charge in [-0.1, -0.05) is 74.0 Å². The summed E-state index contributed by atoms with van der Waals surface area (Å²) in [5, 5.41) is 0. The average Bonchev–Trinajstić information content (AvgIpc) is 2.76. The lowest BCUT2D eigenvalue weighted by Gasteiger charge is -2.35. The number of halogens is 1. The Morgan fingerprint density at radius 2 is 1.52 bits per heavy atom. The van der Waals surface area contributed by atoms with E-state index in [1.54, 1.807) is 0 Å². The molecule has 29 heavy (non-hydrogen) atoms. The van der Waals surface area contributed by atoms with E-state index >= 15 is 0 Å². The van der Waals surface area contributed by atoms with Crippen LogP contribution in [0.15, 0.2) is 24.3 Å². The summed E-state index contributed by atoms with van der Waals surface area (Å²) in [7, 11) is 0. The van der Waals surface area contributed by atoms with Crippen LogP contribution >= 0.6 is 15.9 Å². The van der Waals surface area contributed by atoms with Gasteiger partial charge < -0.3 is 4.74 Å². The maximum absolute atomic E-state index is 5.82. The number of hydrogen-bond donors (Lipinski definition) is 0. The summed E-state index contributed by atoms with van der Waals surface area (Å²) in [5.41, 5.74) is 1.52. The second-order valence-electron chi connectivity index (χ2n) is 9.81. The first-order valence-corrected chi connectivity index (χ1v) is 13.5. The summed E-state index contributed by atoms with van der Waals surface area (Å²) < 4.78 is 5.82. The molecule has 2 saturated carbocycles. The first-order valence-electron chi connectivity index (χ1n) is 12.6. The van der Waals surface area contributed by atoms with Crippen LogP contribution in [0.4, 0.5) is 0 Å². The van der Waals surface area contributed by atoms with Gasteiger partial charge in [-0.05, 0) is 92.7 Å². The Morgan fingerprint density at radius 1 is 0.862 bits per heavy atom. The molecule has 0 radical (unpaired) electrons. The van der Waals surface area contributed by atoms with Gasteiger partial charge in [-0.3, -0.25) is 0 Å². The van der Waals surface area contributed by atoms with Gasteiger partial charge in [0.1, 0.15) is 5.75 Å². The van der Waals surface area contributed by atoms with Crippen molar-refractivity contribution in [2.75, 3.05) is 6.61 Å². The summed E-state index contributed by atoms with van der Waals surface area (Å²) in [6, 6.07) is 8.99. The number of hydrogen-bond acceptors (Lipinski definition) is 1. The second kappa shape index (κ2) is 12.4. The fourth-order valence-corrected chi connectivity index (χ4v) is 6.72. The van der Waals surface area contributed by atoms with E-state index in [2.05, 4.69) is 54.0 Å². The highest BCUT2D eigenvalue weighted by Crippen LogP contribution is 2.42. The fourth-order valence-electron chi connectivity index (χ4n) is 5.66.